The van der Waals surface area contributed by atoms with Crippen LogP contribution in [-0.4, -0.2) is 60.6 Å². The Hall–Kier alpha value is -2.34. The first kappa shape index (κ1) is 18.0. The fourth-order valence-electron chi connectivity index (χ4n) is 4.69. The van der Waals surface area contributed by atoms with E-state index >= 15 is 0 Å². The lowest BCUT2D eigenvalue weighted by Gasteiger charge is -2.27. The topological polar surface area (TPSA) is 59.1 Å². The minimum Gasteiger partial charge on any atom is -0.497 e. The number of hydrogen-bond donors (Lipinski definition) is 0. The second-order valence-corrected chi connectivity index (χ2v) is 7.71. The average molecular weight is 370 g/mol. The van der Waals surface area contributed by atoms with Crippen LogP contribution in [0.15, 0.2) is 36.4 Å². The molecule has 2 saturated heterocycles. The zero-order valence-corrected chi connectivity index (χ0v) is 16.1. The first-order valence-corrected chi connectivity index (χ1v) is 9.53. The van der Waals surface area contributed by atoms with Gasteiger partial charge in [-0.05, 0) is 24.1 Å². The highest BCUT2D eigenvalue weighted by Crippen LogP contribution is 2.52. The molecule has 27 heavy (non-hydrogen) atoms. The molecule has 4 atom stereocenters. The van der Waals surface area contributed by atoms with Gasteiger partial charge >= 0.3 is 0 Å². The fourth-order valence-corrected chi connectivity index (χ4v) is 4.69. The first-order chi connectivity index (χ1) is 13.0. The molecule has 3 heterocycles. The summed E-state index contributed by atoms with van der Waals surface area (Å²) in [5, 5.41) is 0. The molecule has 0 radical (unpaired) electrons. The molecule has 2 bridgehead atoms. The lowest BCUT2D eigenvalue weighted by molar-refractivity contribution is -0.142. The van der Waals surface area contributed by atoms with Crippen LogP contribution in [0.2, 0.25) is 0 Å². The second kappa shape index (κ2) is 6.68. The van der Waals surface area contributed by atoms with Gasteiger partial charge in [0.25, 0.3) is 0 Å². The van der Waals surface area contributed by atoms with Crippen LogP contribution in [0.4, 0.5) is 0 Å². The van der Waals surface area contributed by atoms with Crippen LogP contribution in [-0.2, 0) is 20.9 Å². The van der Waals surface area contributed by atoms with E-state index in [1.807, 2.05) is 55.3 Å². The molecular weight excluding hydrogens is 344 g/mol. The van der Waals surface area contributed by atoms with Crippen LogP contribution in [0.5, 0.6) is 5.75 Å². The van der Waals surface area contributed by atoms with Crippen molar-refractivity contribution < 1.29 is 19.1 Å². The van der Waals surface area contributed by atoms with Gasteiger partial charge in [-0.3, -0.25) is 9.59 Å². The van der Waals surface area contributed by atoms with Gasteiger partial charge in [-0.1, -0.05) is 31.2 Å². The Bertz CT molecular complexity index is 792. The molecule has 2 unspecified atom stereocenters. The standard InChI is InChI=1S/C21H26N2O4/c1-4-10-22(2)19(24)17-16-8-9-21(27-16)13-23(20(25)18(17)21)12-14-6-5-7-15(11-14)26-3/h5-9,11,16-18H,4,10,12-13H2,1-3H3/t16-,17?,18?,21-/m0/s1. The third kappa shape index (κ3) is 2.83. The summed E-state index contributed by atoms with van der Waals surface area (Å²) < 4.78 is 11.5. The Morgan fingerprint density at radius 2 is 2.26 bits per heavy atom. The zero-order valence-electron chi connectivity index (χ0n) is 16.1. The normalized spacial score (nSPS) is 30.7. The Morgan fingerprint density at radius 3 is 3.00 bits per heavy atom. The molecule has 2 fully saturated rings. The number of benzene rings is 1. The van der Waals surface area contributed by atoms with Crippen molar-refractivity contribution in [3.63, 3.8) is 0 Å². The molecule has 4 rings (SSSR count). The van der Waals surface area contributed by atoms with Gasteiger partial charge in [0.2, 0.25) is 11.8 Å². The van der Waals surface area contributed by atoms with Crippen LogP contribution >= 0.6 is 0 Å². The monoisotopic (exact) mass is 370 g/mol. The molecule has 2 amide bonds. The number of fused-ring (bicyclic) bond motifs is 1. The van der Waals surface area contributed by atoms with Crippen LogP contribution in [0, 0.1) is 11.8 Å². The van der Waals surface area contributed by atoms with E-state index in [0.29, 0.717) is 19.6 Å². The summed E-state index contributed by atoms with van der Waals surface area (Å²) in [5.74, 6) is -0.0642. The lowest BCUT2D eigenvalue weighted by Crippen LogP contribution is -2.44. The van der Waals surface area contributed by atoms with E-state index in [9.17, 15) is 9.59 Å². The van der Waals surface area contributed by atoms with Crippen molar-refractivity contribution in [3.8, 4) is 5.75 Å². The summed E-state index contributed by atoms with van der Waals surface area (Å²) in [5.41, 5.74) is 0.345. The number of methoxy groups -OCH3 is 1. The van der Waals surface area contributed by atoms with Gasteiger partial charge < -0.3 is 19.3 Å². The Balaban J connectivity index is 1.56. The maximum absolute atomic E-state index is 13.2. The average Bonchev–Trinajstić information content (AvgIpc) is 3.30. The van der Waals surface area contributed by atoms with Crippen LogP contribution in [0.1, 0.15) is 18.9 Å². The SMILES string of the molecule is CCCN(C)C(=O)C1C2C(=O)N(Cc3cccc(OC)c3)C[C@@]23C=C[C@@H]1O3. The second-order valence-electron chi connectivity index (χ2n) is 7.71. The van der Waals surface area contributed by atoms with Crippen molar-refractivity contribution in [3.05, 3.63) is 42.0 Å². The summed E-state index contributed by atoms with van der Waals surface area (Å²) in [6, 6.07) is 7.72. The highest BCUT2D eigenvalue weighted by atomic mass is 16.5. The van der Waals surface area contributed by atoms with Gasteiger partial charge in [-0.2, -0.15) is 0 Å². The van der Waals surface area contributed by atoms with E-state index in [-0.39, 0.29) is 17.9 Å². The zero-order chi connectivity index (χ0) is 19.2. The summed E-state index contributed by atoms with van der Waals surface area (Å²) in [7, 11) is 3.44. The molecule has 0 saturated carbocycles. The number of carbonyl (C=O) groups excluding carboxylic acids is 2. The molecule has 0 N–H and O–H groups in total. The van der Waals surface area contributed by atoms with Crippen molar-refractivity contribution in [2.75, 3.05) is 27.2 Å². The van der Waals surface area contributed by atoms with Gasteiger partial charge in [-0.15, -0.1) is 0 Å². The van der Waals surface area contributed by atoms with Crippen LogP contribution < -0.4 is 4.74 Å². The van der Waals surface area contributed by atoms with Crippen molar-refractivity contribution >= 4 is 11.8 Å². The largest absolute Gasteiger partial charge is 0.497 e. The van der Waals surface area contributed by atoms with E-state index in [1.54, 1.807) is 12.0 Å². The van der Waals surface area contributed by atoms with Crippen LogP contribution in [0.3, 0.4) is 0 Å². The van der Waals surface area contributed by atoms with Gasteiger partial charge in [0.1, 0.15) is 11.4 Å². The molecule has 6 nitrogen and oxygen atoms in total. The number of amides is 2. The maximum atomic E-state index is 13.2. The van der Waals surface area contributed by atoms with Crippen molar-refractivity contribution in [1.29, 1.82) is 0 Å². The molecule has 1 spiro atoms. The molecule has 1 aromatic carbocycles. The first-order valence-electron chi connectivity index (χ1n) is 9.53. The molecule has 6 heteroatoms. The quantitative estimate of drug-likeness (QED) is 0.717. The molecule has 3 aliphatic heterocycles. The van der Waals surface area contributed by atoms with Gasteiger partial charge in [-0.25, -0.2) is 0 Å². The molecule has 0 aromatic heterocycles. The fraction of sp³-hybridized carbons (Fsp3) is 0.524. The Morgan fingerprint density at radius 1 is 1.44 bits per heavy atom. The maximum Gasteiger partial charge on any atom is 0.230 e. The molecule has 144 valence electrons. The predicted octanol–water partition coefficient (Wildman–Crippen LogP) is 1.85. The molecular formula is C21H26N2O4. The third-order valence-electron chi connectivity index (χ3n) is 5.91. The lowest BCUT2D eigenvalue weighted by atomic mass is 9.76. The summed E-state index contributed by atoms with van der Waals surface area (Å²) in [4.78, 5) is 29.8. The minimum absolute atomic E-state index is 0.00733. The Labute approximate surface area is 159 Å². The number of carbonyl (C=O) groups is 2. The van der Waals surface area contributed by atoms with Gasteiger partial charge in [0, 0.05) is 20.1 Å². The highest BCUT2D eigenvalue weighted by Gasteiger charge is 2.66. The highest BCUT2D eigenvalue weighted by molar-refractivity contribution is 5.93. The van der Waals surface area contributed by atoms with E-state index in [0.717, 1.165) is 17.7 Å². The van der Waals surface area contributed by atoms with E-state index in [1.165, 1.54) is 0 Å². The van der Waals surface area contributed by atoms with Crippen molar-refractivity contribution in [2.24, 2.45) is 11.8 Å². The molecule has 1 aromatic rings. The smallest absolute Gasteiger partial charge is 0.230 e. The summed E-state index contributed by atoms with van der Waals surface area (Å²) >= 11 is 0. The Kier molecular flexibility index (Phi) is 4.46. The summed E-state index contributed by atoms with van der Waals surface area (Å²) in [6.07, 6.45) is 4.56. The number of hydrogen-bond acceptors (Lipinski definition) is 4. The van der Waals surface area contributed by atoms with E-state index in [2.05, 4.69) is 0 Å². The molecule has 0 aliphatic carbocycles. The minimum atomic E-state index is -0.659. The predicted molar refractivity (Wildman–Crippen MR) is 100 cm³/mol. The van der Waals surface area contributed by atoms with E-state index in [4.69, 9.17) is 9.47 Å². The summed E-state index contributed by atoms with van der Waals surface area (Å²) in [6.45, 7) is 3.70. The van der Waals surface area contributed by atoms with Crippen LogP contribution in [0.25, 0.3) is 0 Å². The third-order valence-corrected chi connectivity index (χ3v) is 5.91. The number of likely N-dealkylation sites (tertiary alicyclic amines) is 1. The van der Waals surface area contributed by atoms with Gasteiger partial charge in [0.15, 0.2) is 0 Å². The van der Waals surface area contributed by atoms with E-state index < -0.39 is 17.4 Å². The number of rotatable bonds is 6. The van der Waals surface area contributed by atoms with Gasteiger partial charge in [0.05, 0.1) is 31.6 Å². The van der Waals surface area contributed by atoms with Crippen molar-refractivity contribution in [1.82, 2.24) is 9.80 Å². The molecule has 3 aliphatic rings. The number of nitrogens with zero attached hydrogens (tertiary/aromatic N) is 2. The number of ether oxygens (including phenoxy) is 2. The van der Waals surface area contributed by atoms with Crippen molar-refractivity contribution in [2.45, 2.75) is 31.6 Å².